The summed E-state index contributed by atoms with van der Waals surface area (Å²) in [6, 6.07) is 4.64. The van der Waals surface area contributed by atoms with E-state index in [0.717, 1.165) is 0 Å². The summed E-state index contributed by atoms with van der Waals surface area (Å²) in [5, 5.41) is 2.59. The molecule has 2 aromatic rings. The van der Waals surface area contributed by atoms with Crippen LogP contribution in [0.1, 0.15) is 16.1 Å². The number of carbonyl (C=O) groups excluding carboxylic acids is 1. The summed E-state index contributed by atoms with van der Waals surface area (Å²) in [6.07, 6.45) is 4.19. The van der Waals surface area contributed by atoms with Crippen molar-refractivity contribution in [3.8, 4) is 0 Å². The molecule has 1 aromatic carbocycles. The van der Waals surface area contributed by atoms with Crippen LogP contribution in [0.3, 0.4) is 0 Å². The van der Waals surface area contributed by atoms with Crippen molar-refractivity contribution in [2.45, 2.75) is 11.8 Å². The molecule has 0 radical (unpaired) electrons. The van der Waals surface area contributed by atoms with Gasteiger partial charge in [-0.2, -0.15) is 0 Å². The van der Waals surface area contributed by atoms with E-state index in [0.29, 0.717) is 11.3 Å². The van der Waals surface area contributed by atoms with Crippen molar-refractivity contribution >= 4 is 21.6 Å². The Morgan fingerprint density at radius 2 is 2.00 bits per heavy atom. The summed E-state index contributed by atoms with van der Waals surface area (Å²) in [5.74, 6) is -0.459. The number of carbonyl (C=O) groups is 1. The van der Waals surface area contributed by atoms with Crippen molar-refractivity contribution in [2.24, 2.45) is 0 Å². The van der Waals surface area contributed by atoms with E-state index in [4.69, 9.17) is 0 Å². The van der Waals surface area contributed by atoms with E-state index in [2.05, 4.69) is 20.0 Å². The summed E-state index contributed by atoms with van der Waals surface area (Å²) in [5.41, 5.74) is 1.10. The Labute approximate surface area is 122 Å². The van der Waals surface area contributed by atoms with E-state index in [1.807, 2.05) is 0 Å². The van der Waals surface area contributed by atoms with Crippen LogP contribution in [0.4, 0.5) is 5.69 Å². The molecule has 1 aromatic heterocycles. The molecular formula is C13H14N4O3S. The Balaban J connectivity index is 2.31. The SMILES string of the molecule is CNS(=O)(=O)c1cc(NC(=O)c2cnccn2)ccc1C. The lowest BCUT2D eigenvalue weighted by Crippen LogP contribution is -2.20. The molecule has 0 saturated carbocycles. The summed E-state index contributed by atoms with van der Waals surface area (Å²) in [7, 11) is -2.25. The van der Waals surface area contributed by atoms with E-state index >= 15 is 0 Å². The first-order valence-corrected chi connectivity index (χ1v) is 7.54. The third-order valence-electron chi connectivity index (χ3n) is 2.80. The lowest BCUT2D eigenvalue weighted by atomic mass is 10.2. The van der Waals surface area contributed by atoms with Crippen molar-refractivity contribution < 1.29 is 13.2 Å². The highest BCUT2D eigenvalue weighted by Crippen LogP contribution is 2.20. The molecule has 21 heavy (non-hydrogen) atoms. The van der Waals surface area contributed by atoms with E-state index in [1.54, 1.807) is 19.1 Å². The minimum absolute atomic E-state index is 0.113. The number of hydrogen-bond donors (Lipinski definition) is 2. The quantitative estimate of drug-likeness (QED) is 0.875. The second kappa shape index (κ2) is 5.98. The summed E-state index contributed by atoms with van der Waals surface area (Å²) in [6.45, 7) is 1.68. The molecular weight excluding hydrogens is 292 g/mol. The van der Waals surface area contributed by atoms with Gasteiger partial charge in [-0.25, -0.2) is 18.1 Å². The third-order valence-corrected chi connectivity index (χ3v) is 4.36. The molecule has 0 aliphatic carbocycles. The molecule has 0 aliphatic heterocycles. The van der Waals surface area contributed by atoms with Crippen LogP contribution in [0, 0.1) is 6.92 Å². The molecule has 110 valence electrons. The highest BCUT2D eigenvalue weighted by atomic mass is 32.2. The van der Waals surface area contributed by atoms with Gasteiger partial charge in [0.25, 0.3) is 5.91 Å². The van der Waals surface area contributed by atoms with Crippen LogP contribution in [-0.2, 0) is 10.0 Å². The number of anilines is 1. The van der Waals surface area contributed by atoms with Crippen molar-refractivity contribution in [3.63, 3.8) is 0 Å². The van der Waals surface area contributed by atoms with Gasteiger partial charge in [-0.15, -0.1) is 0 Å². The number of amides is 1. The molecule has 0 aliphatic rings. The van der Waals surface area contributed by atoms with Crippen molar-refractivity contribution in [1.82, 2.24) is 14.7 Å². The largest absolute Gasteiger partial charge is 0.321 e. The molecule has 7 nitrogen and oxygen atoms in total. The number of rotatable bonds is 4. The van der Waals surface area contributed by atoms with Gasteiger partial charge in [0.15, 0.2) is 0 Å². The first kappa shape index (κ1) is 15.1. The number of nitrogens with one attached hydrogen (secondary N) is 2. The lowest BCUT2D eigenvalue weighted by molar-refractivity contribution is 0.102. The zero-order chi connectivity index (χ0) is 15.5. The Morgan fingerprint density at radius 3 is 2.62 bits per heavy atom. The Kier molecular flexibility index (Phi) is 4.29. The summed E-state index contributed by atoms with van der Waals surface area (Å²) >= 11 is 0. The monoisotopic (exact) mass is 306 g/mol. The lowest BCUT2D eigenvalue weighted by Gasteiger charge is -2.10. The van der Waals surface area contributed by atoms with Crippen molar-refractivity contribution in [2.75, 3.05) is 12.4 Å². The van der Waals surface area contributed by atoms with Crippen LogP contribution >= 0.6 is 0 Å². The highest BCUT2D eigenvalue weighted by Gasteiger charge is 2.16. The maximum Gasteiger partial charge on any atom is 0.275 e. The van der Waals surface area contributed by atoms with E-state index in [1.165, 1.54) is 31.7 Å². The Morgan fingerprint density at radius 1 is 1.24 bits per heavy atom. The molecule has 8 heteroatoms. The molecule has 0 saturated heterocycles. The second-order valence-corrected chi connectivity index (χ2v) is 6.09. The molecule has 0 fully saturated rings. The second-order valence-electron chi connectivity index (χ2n) is 4.23. The summed E-state index contributed by atoms with van der Waals surface area (Å²) in [4.78, 5) is 19.7. The molecule has 0 bridgehead atoms. The maximum absolute atomic E-state index is 12.0. The molecule has 1 heterocycles. The van der Waals surface area contributed by atoms with Gasteiger partial charge in [0.1, 0.15) is 5.69 Å². The number of aromatic nitrogens is 2. The van der Waals surface area contributed by atoms with Crippen LogP contribution in [0.2, 0.25) is 0 Å². The van der Waals surface area contributed by atoms with Gasteiger partial charge < -0.3 is 5.32 Å². The fourth-order valence-corrected chi connectivity index (χ4v) is 2.68. The van der Waals surface area contributed by atoms with Crippen LogP contribution < -0.4 is 10.0 Å². The number of aryl methyl sites for hydroxylation is 1. The van der Waals surface area contributed by atoms with Crippen LogP contribution in [0.15, 0.2) is 41.7 Å². The van der Waals surface area contributed by atoms with E-state index in [9.17, 15) is 13.2 Å². The van der Waals surface area contributed by atoms with Crippen LogP contribution in [0.5, 0.6) is 0 Å². The Bertz CT molecular complexity index is 760. The standard InChI is InChI=1S/C13H14N4O3S/c1-9-3-4-10(7-12(9)21(19,20)14-2)17-13(18)11-8-15-5-6-16-11/h3-8,14H,1-2H3,(H,17,18). The van der Waals surface area contributed by atoms with Gasteiger partial charge in [0.05, 0.1) is 11.1 Å². The third kappa shape index (κ3) is 3.41. The first-order chi connectivity index (χ1) is 9.94. The topological polar surface area (TPSA) is 101 Å². The average Bonchev–Trinajstić information content (AvgIpc) is 2.50. The smallest absolute Gasteiger partial charge is 0.275 e. The van der Waals surface area contributed by atoms with E-state index in [-0.39, 0.29) is 10.6 Å². The predicted octanol–water partition coefficient (Wildman–Crippen LogP) is 0.945. The predicted molar refractivity (Wildman–Crippen MR) is 77.4 cm³/mol. The maximum atomic E-state index is 12.0. The fraction of sp³-hybridized carbons (Fsp3) is 0.154. The molecule has 0 atom stereocenters. The number of sulfonamides is 1. The zero-order valence-corrected chi connectivity index (χ0v) is 12.3. The minimum Gasteiger partial charge on any atom is -0.321 e. The van der Waals surface area contributed by atoms with Gasteiger partial charge >= 0.3 is 0 Å². The number of benzene rings is 1. The fourth-order valence-electron chi connectivity index (χ4n) is 1.69. The minimum atomic E-state index is -3.58. The highest BCUT2D eigenvalue weighted by molar-refractivity contribution is 7.89. The Hall–Kier alpha value is -2.32. The molecule has 0 unspecified atom stereocenters. The van der Waals surface area contributed by atoms with Crippen LogP contribution in [-0.4, -0.2) is 31.3 Å². The van der Waals surface area contributed by atoms with Gasteiger partial charge in [0.2, 0.25) is 10.0 Å². The van der Waals surface area contributed by atoms with Crippen molar-refractivity contribution in [1.29, 1.82) is 0 Å². The normalized spacial score (nSPS) is 11.1. The molecule has 2 rings (SSSR count). The average molecular weight is 306 g/mol. The van der Waals surface area contributed by atoms with Crippen molar-refractivity contribution in [3.05, 3.63) is 48.0 Å². The van der Waals surface area contributed by atoms with Crippen LogP contribution in [0.25, 0.3) is 0 Å². The number of nitrogens with zero attached hydrogens (tertiary/aromatic N) is 2. The first-order valence-electron chi connectivity index (χ1n) is 6.05. The van der Waals surface area contributed by atoms with Gasteiger partial charge in [-0.05, 0) is 31.7 Å². The van der Waals surface area contributed by atoms with Gasteiger partial charge in [-0.1, -0.05) is 6.07 Å². The molecule has 2 N–H and O–H groups in total. The zero-order valence-electron chi connectivity index (χ0n) is 11.5. The van der Waals surface area contributed by atoms with Gasteiger partial charge in [-0.3, -0.25) is 9.78 Å². The molecule has 0 spiro atoms. The summed E-state index contributed by atoms with van der Waals surface area (Å²) < 4.78 is 26.0. The van der Waals surface area contributed by atoms with E-state index < -0.39 is 15.9 Å². The molecule has 1 amide bonds. The number of hydrogen-bond acceptors (Lipinski definition) is 5. The van der Waals surface area contributed by atoms with Gasteiger partial charge in [0, 0.05) is 18.1 Å².